The predicted molar refractivity (Wildman–Crippen MR) is 126 cm³/mol. The third kappa shape index (κ3) is 14.6. The van der Waals surface area contributed by atoms with Crippen LogP contribution < -0.4 is 0 Å². The third-order valence-corrected chi connectivity index (χ3v) is 5.29. The Balaban J connectivity index is 5.18. The Labute approximate surface area is 186 Å². The number of rotatable bonds is 20. The summed E-state index contributed by atoms with van der Waals surface area (Å²) in [6.45, 7) is 9.18. The van der Waals surface area contributed by atoms with Gasteiger partial charge in [0.25, 0.3) is 0 Å². The van der Waals surface area contributed by atoms with E-state index in [0.717, 1.165) is 38.5 Å². The van der Waals surface area contributed by atoms with E-state index in [-0.39, 0.29) is 11.9 Å². The van der Waals surface area contributed by atoms with Gasteiger partial charge in [-0.2, -0.15) is 0 Å². The summed E-state index contributed by atoms with van der Waals surface area (Å²) in [7, 11) is 0. The molecular weight excluding hydrogens is 376 g/mol. The zero-order valence-electron chi connectivity index (χ0n) is 20.4. The quantitative estimate of drug-likeness (QED) is 0.114. The highest BCUT2D eigenvalue weighted by molar-refractivity contribution is 6.00. The minimum absolute atomic E-state index is 0.320. The summed E-state index contributed by atoms with van der Waals surface area (Å²) >= 11 is 0. The van der Waals surface area contributed by atoms with Gasteiger partial charge >= 0.3 is 11.9 Å². The lowest BCUT2D eigenvalue weighted by atomic mass is 9.96. The molecule has 4 heteroatoms. The molecule has 4 nitrogen and oxygen atoms in total. The van der Waals surface area contributed by atoms with Crippen LogP contribution in [0.1, 0.15) is 130 Å². The van der Waals surface area contributed by atoms with Crippen molar-refractivity contribution in [3.8, 4) is 0 Å². The standard InChI is InChI=1S/C26H48O4/c1-5-9-11-13-15-17-19-23(25(27)29-21-7-3)24(26(28)30-22-8-4)20-18-16-14-12-10-6-2/h5-22H2,1-4H3. The highest BCUT2D eigenvalue weighted by atomic mass is 16.5. The van der Waals surface area contributed by atoms with Gasteiger partial charge in [-0.05, 0) is 38.5 Å². The monoisotopic (exact) mass is 424 g/mol. The van der Waals surface area contributed by atoms with Gasteiger partial charge in [0.2, 0.25) is 0 Å². The normalized spacial score (nSPS) is 11.9. The molecule has 0 heterocycles. The highest BCUT2D eigenvalue weighted by Crippen LogP contribution is 2.23. The molecule has 0 rings (SSSR count). The van der Waals surface area contributed by atoms with E-state index < -0.39 is 0 Å². The molecule has 0 N–H and O–H groups in total. The van der Waals surface area contributed by atoms with Gasteiger partial charge in [0, 0.05) is 11.1 Å². The molecule has 0 aliphatic carbocycles. The molecule has 0 fully saturated rings. The van der Waals surface area contributed by atoms with Crippen LogP contribution in [0, 0.1) is 0 Å². The van der Waals surface area contributed by atoms with E-state index in [1.807, 2.05) is 13.8 Å². The van der Waals surface area contributed by atoms with E-state index in [0.29, 0.717) is 37.2 Å². The van der Waals surface area contributed by atoms with Gasteiger partial charge in [0.05, 0.1) is 13.2 Å². The molecule has 0 saturated heterocycles. The number of esters is 2. The molecule has 0 unspecified atom stereocenters. The first kappa shape index (κ1) is 28.7. The van der Waals surface area contributed by atoms with Crippen molar-refractivity contribution in [3.63, 3.8) is 0 Å². The topological polar surface area (TPSA) is 52.6 Å². The molecule has 30 heavy (non-hydrogen) atoms. The molecule has 0 amide bonds. The van der Waals surface area contributed by atoms with E-state index in [2.05, 4.69) is 13.8 Å². The summed E-state index contributed by atoms with van der Waals surface area (Å²) in [5.41, 5.74) is 1.13. The SMILES string of the molecule is CCCCCCCCC(C(=O)OCCC)=C(CCCCCCCC)C(=O)OCCC. The lowest BCUT2D eigenvalue weighted by Crippen LogP contribution is -2.18. The Hall–Kier alpha value is -1.32. The number of ether oxygens (including phenoxy) is 2. The minimum atomic E-state index is -0.320. The number of hydrogen-bond donors (Lipinski definition) is 0. The lowest BCUT2D eigenvalue weighted by molar-refractivity contribution is -0.142. The Morgan fingerprint density at radius 2 is 0.800 bits per heavy atom. The summed E-state index contributed by atoms with van der Waals surface area (Å²) in [6, 6.07) is 0. The van der Waals surface area contributed by atoms with E-state index in [1.54, 1.807) is 0 Å². The van der Waals surface area contributed by atoms with Gasteiger partial charge in [-0.1, -0.05) is 91.9 Å². The van der Waals surface area contributed by atoms with Gasteiger partial charge in [0.15, 0.2) is 0 Å². The van der Waals surface area contributed by atoms with Crippen molar-refractivity contribution in [1.82, 2.24) is 0 Å². The van der Waals surface area contributed by atoms with Crippen LogP contribution in [0.2, 0.25) is 0 Å². The van der Waals surface area contributed by atoms with Gasteiger partial charge < -0.3 is 9.47 Å². The molecule has 0 spiro atoms. The van der Waals surface area contributed by atoms with Gasteiger partial charge in [-0.3, -0.25) is 0 Å². The largest absolute Gasteiger partial charge is 0.462 e. The van der Waals surface area contributed by atoms with Crippen LogP contribution in [0.5, 0.6) is 0 Å². The Kier molecular flexibility index (Phi) is 20.0. The van der Waals surface area contributed by atoms with Crippen LogP contribution >= 0.6 is 0 Å². The van der Waals surface area contributed by atoms with Crippen molar-refractivity contribution >= 4 is 11.9 Å². The van der Waals surface area contributed by atoms with Gasteiger partial charge in [-0.25, -0.2) is 9.59 Å². The Morgan fingerprint density at radius 3 is 1.13 bits per heavy atom. The van der Waals surface area contributed by atoms with Crippen LogP contribution in [0.15, 0.2) is 11.1 Å². The van der Waals surface area contributed by atoms with Crippen LogP contribution in [0.25, 0.3) is 0 Å². The van der Waals surface area contributed by atoms with Crippen molar-refractivity contribution in [2.24, 2.45) is 0 Å². The fourth-order valence-electron chi connectivity index (χ4n) is 3.48. The van der Waals surface area contributed by atoms with Crippen LogP contribution in [-0.4, -0.2) is 25.2 Å². The molecule has 0 atom stereocenters. The first-order valence-electron chi connectivity index (χ1n) is 12.7. The van der Waals surface area contributed by atoms with Crippen molar-refractivity contribution in [2.45, 2.75) is 130 Å². The first-order chi connectivity index (χ1) is 14.6. The fourth-order valence-corrected chi connectivity index (χ4v) is 3.48. The molecule has 0 aromatic heterocycles. The summed E-state index contributed by atoms with van der Waals surface area (Å²) < 4.78 is 10.9. The molecule has 0 saturated carbocycles. The van der Waals surface area contributed by atoms with Crippen LogP contribution in [-0.2, 0) is 19.1 Å². The lowest BCUT2D eigenvalue weighted by Gasteiger charge is -2.15. The van der Waals surface area contributed by atoms with Crippen molar-refractivity contribution in [1.29, 1.82) is 0 Å². The van der Waals surface area contributed by atoms with Gasteiger partial charge in [-0.15, -0.1) is 0 Å². The zero-order chi connectivity index (χ0) is 22.5. The number of unbranched alkanes of at least 4 members (excludes halogenated alkanes) is 10. The minimum Gasteiger partial charge on any atom is -0.462 e. The maximum absolute atomic E-state index is 12.8. The number of hydrogen-bond acceptors (Lipinski definition) is 4. The molecule has 0 aliphatic rings. The zero-order valence-corrected chi connectivity index (χ0v) is 20.4. The first-order valence-corrected chi connectivity index (χ1v) is 12.7. The van der Waals surface area contributed by atoms with Crippen molar-refractivity contribution < 1.29 is 19.1 Å². The molecular formula is C26H48O4. The van der Waals surface area contributed by atoms with Crippen molar-refractivity contribution in [3.05, 3.63) is 11.1 Å². The second kappa shape index (κ2) is 20.9. The fraction of sp³-hybridized carbons (Fsp3) is 0.846. The highest BCUT2D eigenvalue weighted by Gasteiger charge is 2.22. The molecule has 0 aromatic rings. The van der Waals surface area contributed by atoms with Crippen molar-refractivity contribution in [2.75, 3.05) is 13.2 Å². The predicted octanol–water partition coefficient (Wildman–Crippen LogP) is 7.69. The second-order valence-corrected chi connectivity index (χ2v) is 8.26. The van der Waals surface area contributed by atoms with E-state index in [4.69, 9.17) is 9.47 Å². The number of carbonyl (C=O) groups excluding carboxylic acids is 2. The average molecular weight is 425 g/mol. The molecule has 176 valence electrons. The second-order valence-electron chi connectivity index (χ2n) is 8.26. The summed E-state index contributed by atoms with van der Waals surface area (Å²) in [6.07, 6.45) is 16.6. The molecule has 0 aromatic carbocycles. The molecule has 0 aliphatic heterocycles. The van der Waals surface area contributed by atoms with E-state index >= 15 is 0 Å². The number of carbonyl (C=O) groups is 2. The van der Waals surface area contributed by atoms with Gasteiger partial charge in [0.1, 0.15) is 0 Å². The third-order valence-electron chi connectivity index (χ3n) is 5.29. The van der Waals surface area contributed by atoms with E-state index in [9.17, 15) is 9.59 Å². The van der Waals surface area contributed by atoms with E-state index in [1.165, 1.54) is 51.4 Å². The summed E-state index contributed by atoms with van der Waals surface area (Å²) in [5, 5.41) is 0. The maximum atomic E-state index is 12.8. The smallest absolute Gasteiger partial charge is 0.334 e. The summed E-state index contributed by atoms with van der Waals surface area (Å²) in [5.74, 6) is -0.639. The average Bonchev–Trinajstić information content (AvgIpc) is 2.75. The maximum Gasteiger partial charge on any atom is 0.334 e. The molecule has 0 bridgehead atoms. The van der Waals surface area contributed by atoms with Crippen LogP contribution in [0.4, 0.5) is 0 Å². The summed E-state index contributed by atoms with van der Waals surface area (Å²) in [4.78, 5) is 25.5. The Bertz CT molecular complexity index is 426. The molecule has 0 radical (unpaired) electrons. The Morgan fingerprint density at radius 1 is 0.467 bits per heavy atom. The van der Waals surface area contributed by atoms with Crippen LogP contribution in [0.3, 0.4) is 0 Å².